The fourth-order valence-electron chi connectivity index (χ4n) is 0.173. The predicted molar refractivity (Wildman–Crippen MR) is 29.4 cm³/mol. The Morgan fingerprint density at radius 1 is 1.50 bits per heavy atom. The standard InChI is InChI=1S/C4H6F2OS/c5-1-3(2-6)4(7)8/h3H,1-2H2,(H,7,8). The van der Waals surface area contributed by atoms with Crippen molar-refractivity contribution in [1.82, 2.24) is 0 Å². The lowest BCUT2D eigenvalue weighted by Gasteiger charge is -1.98. The maximum absolute atomic E-state index is 11.4. The predicted octanol–water partition coefficient (Wildman–Crippen LogP) is 0.998. The minimum Gasteiger partial charge on any atom is -0.287 e. The number of thiol groups is 1. The van der Waals surface area contributed by atoms with Crippen molar-refractivity contribution in [3.63, 3.8) is 0 Å². The van der Waals surface area contributed by atoms with Gasteiger partial charge in [0.2, 0.25) is 0 Å². The minimum absolute atomic E-state index is 0.727. The van der Waals surface area contributed by atoms with Gasteiger partial charge in [0.15, 0.2) is 5.12 Å². The van der Waals surface area contributed by atoms with Crippen molar-refractivity contribution in [2.24, 2.45) is 5.92 Å². The number of halogens is 2. The Bertz CT molecular complexity index is 82.1. The van der Waals surface area contributed by atoms with Gasteiger partial charge >= 0.3 is 0 Å². The van der Waals surface area contributed by atoms with E-state index >= 15 is 0 Å². The highest BCUT2D eigenvalue weighted by Gasteiger charge is 2.13. The fourth-order valence-corrected chi connectivity index (χ4v) is 0.311. The summed E-state index contributed by atoms with van der Waals surface area (Å²) in [4.78, 5) is 9.99. The molecule has 0 aromatic carbocycles. The van der Waals surface area contributed by atoms with Gasteiger partial charge in [-0.2, -0.15) is 0 Å². The normalized spacial score (nSPS) is 10.0. The first-order valence-electron chi connectivity index (χ1n) is 2.07. The first-order valence-corrected chi connectivity index (χ1v) is 2.51. The third-order valence-corrected chi connectivity index (χ3v) is 1.09. The Labute approximate surface area is 51.5 Å². The van der Waals surface area contributed by atoms with Gasteiger partial charge in [-0.15, -0.1) is 12.6 Å². The van der Waals surface area contributed by atoms with Gasteiger partial charge in [0, 0.05) is 0 Å². The molecule has 0 aliphatic rings. The zero-order valence-electron chi connectivity index (χ0n) is 4.10. The van der Waals surface area contributed by atoms with Crippen LogP contribution < -0.4 is 0 Å². The van der Waals surface area contributed by atoms with Gasteiger partial charge in [0.25, 0.3) is 0 Å². The molecule has 0 bridgehead atoms. The maximum atomic E-state index is 11.4. The van der Waals surface area contributed by atoms with E-state index in [4.69, 9.17) is 0 Å². The zero-order valence-corrected chi connectivity index (χ0v) is 5.00. The van der Waals surface area contributed by atoms with Gasteiger partial charge < -0.3 is 0 Å². The van der Waals surface area contributed by atoms with E-state index in [-0.39, 0.29) is 0 Å². The summed E-state index contributed by atoms with van der Waals surface area (Å²) < 4.78 is 22.8. The highest BCUT2D eigenvalue weighted by atomic mass is 32.1. The Morgan fingerprint density at radius 2 is 1.88 bits per heavy atom. The number of hydrogen-bond acceptors (Lipinski definition) is 1. The molecule has 0 saturated heterocycles. The monoisotopic (exact) mass is 140 g/mol. The van der Waals surface area contributed by atoms with Gasteiger partial charge in [0.1, 0.15) is 13.3 Å². The van der Waals surface area contributed by atoms with E-state index in [2.05, 4.69) is 12.6 Å². The van der Waals surface area contributed by atoms with Crippen LogP contribution in [0.1, 0.15) is 0 Å². The second-order valence-corrected chi connectivity index (χ2v) is 1.78. The van der Waals surface area contributed by atoms with Gasteiger partial charge in [-0.05, 0) is 0 Å². The van der Waals surface area contributed by atoms with Crippen LogP contribution in [-0.2, 0) is 4.79 Å². The molecule has 0 rings (SSSR count). The summed E-state index contributed by atoms with van der Waals surface area (Å²) in [6.45, 7) is -1.92. The smallest absolute Gasteiger partial charge is 0.194 e. The molecule has 0 spiro atoms. The summed E-state index contributed by atoms with van der Waals surface area (Å²) in [7, 11) is 0. The van der Waals surface area contributed by atoms with Gasteiger partial charge in [0.05, 0.1) is 5.92 Å². The molecule has 0 heterocycles. The van der Waals surface area contributed by atoms with Crippen molar-refractivity contribution in [2.75, 3.05) is 13.3 Å². The molecule has 48 valence electrons. The van der Waals surface area contributed by atoms with Crippen LogP contribution in [0.15, 0.2) is 0 Å². The van der Waals surface area contributed by atoms with Crippen LogP contribution >= 0.6 is 12.6 Å². The minimum atomic E-state index is -1.15. The van der Waals surface area contributed by atoms with Crippen LogP contribution in [-0.4, -0.2) is 18.5 Å². The third kappa shape index (κ3) is 2.26. The molecule has 0 saturated carbocycles. The molecule has 0 radical (unpaired) electrons. The van der Waals surface area contributed by atoms with Crippen LogP contribution in [0.5, 0.6) is 0 Å². The summed E-state index contributed by atoms with van der Waals surface area (Å²) in [5.74, 6) is -1.15. The van der Waals surface area contributed by atoms with Gasteiger partial charge in [-0.25, -0.2) is 0 Å². The quantitative estimate of drug-likeness (QED) is 0.579. The van der Waals surface area contributed by atoms with E-state index in [0.717, 1.165) is 0 Å². The van der Waals surface area contributed by atoms with Crippen molar-refractivity contribution in [1.29, 1.82) is 0 Å². The van der Waals surface area contributed by atoms with E-state index < -0.39 is 24.4 Å². The number of rotatable bonds is 3. The van der Waals surface area contributed by atoms with Crippen LogP contribution in [0.25, 0.3) is 0 Å². The first kappa shape index (κ1) is 7.88. The first-order chi connectivity index (χ1) is 3.72. The molecule has 0 aromatic heterocycles. The molecule has 8 heavy (non-hydrogen) atoms. The average Bonchev–Trinajstić information content (AvgIpc) is 1.69. The van der Waals surface area contributed by atoms with Gasteiger partial charge in [-0.3, -0.25) is 13.6 Å². The Morgan fingerprint density at radius 3 is 1.88 bits per heavy atom. The summed E-state index contributed by atoms with van der Waals surface area (Å²) in [5, 5.41) is -0.727. The fraction of sp³-hybridized carbons (Fsp3) is 0.750. The molecular weight excluding hydrogens is 134 g/mol. The molecule has 0 atom stereocenters. The number of carbonyl (C=O) groups is 1. The lowest BCUT2D eigenvalue weighted by Crippen LogP contribution is -2.12. The molecular formula is C4H6F2OS. The average molecular weight is 140 g/mol. The number of alkyl halides is 2. The Balaban J connectivity index is 3.52. The van der Waals surface area contributed by atoms with E-state index in [1.54, 1.807) is 0 Å². The molecule has 4 heteroatoms. The summed E-state index contributed by atoms with van der Waals surface area (Å²) in [6.07, 6.45) is 0. The second kappa shape index (κ2) is 3.83. The maximum Gasteiger partial charge on any atom is 0.194 e. The number of hydrogen-bond donors (Lipinski definition) is 1. The molecule has 0 N–H and O–H groups in total. The Kier molecular flexibility index (Phi) is 3.77. The zero-order chi connectivity index (χ0) is 6.57. The van der Waals surface area contributed by atoms with E-state index in [1.165, 1.54) is 0 Å². The molecule has 0 fully saturated rings. The summed E-state index contributed by atoms with van der Waals surface area (Å²) >= 11 is 3.23. The van der Waals surface area contributed by atoms with E-state index in [0.29, 0.717) is 0 Å². The summed E-state index contributed by atoms with van der Waals surface area (Å²) in [6, 6.07) is 0. The molecule has 0 aromatic rings. The highest BCUT2D eigenvalue weighted by Crippen LogP contribution is 2.02. The van der Waals surface area contributed by atoms with Gasteiger partial charge in [-0.1, -0.05) is 0 Å². The lowest BCUT2D eigenvalue weighted by atomic mass is 10.2. The van der Waals surface area contributed by atoms with E-state index in [1.807, 2.05) is 0 Å². The van der Waals surface area contributed by atoms with Crippen molar-refractivity contribution < 1.29 is 13.6 Å². The molecule has 0 amide bonds. The van der Waals surface area contributed by atoms with Crippen LogP contribution in [0.3, 0.4) is 0 Å². The van der Waals surface area contributed by atoms with Crippen molar-refractivity contribution in [2.45, 2.75) is 0 Å². The topological polar surface area (TPSA) is 17.1 Å². The van der Waals surface area contributed by atoms with Crippen molar-refractivity contribution in [3.05, 3.63) is 0 Å². The molecule has 0 aliphatic heterocycles. The second-order valence-electron chi connectivity index (χ2n) is 1.34. The van der Waals surface area contributed by atoms with Crippen molar-refractivity contribution in [3.8, 4) is 0 Å². The molecule has 1 nitrogen and oxygen atoms in total. The third-order valence-electron chi connectivity index (χ3n) is 0.722. The SMILES string of the molecule is O=C(S)C(CF)CF. The molecule has 0 aliphatic carbocycles. The lowest BCUT2D eigenvalue weighted by molar-refractivity contribution is -0.115. The Hall–Kier alpha value is -0.120. The van der Waals surface area contributed by atoms with Crippen LogP contribution in [0.2, 0.25) is 0 Å². The number of carbonyl (C=O) groups excluding carboxylic acids is 1. The van der Waals surface area contributed by atoms with Crippen molar-refractivity contribution >= 4 is 17.7 Å². The van der Waals surface area contributed by atoms with E-state index in [9.17, 15) is 13.6 Å². The largest absolute Gasteiger partial charge is 0.287 e. The van der Waals surface area contributed by atoms with Crippen LogP contribution in [0.4, 0.5) is 8.78 Å². The highest BCUT2D eigenvalue weighted by molar-refractivity contribution is 7.96. The molecule has 0 unspecified atom stereocenters. The summed E-state index contributed by atoms with van der Waals surface area (Å²) in [5.41, 5.74) is 0. The van der Waals surface area contributed by atoms with Crippen LogP contribution in [0, 0.1) is 5.92 Å².